The maximum absolute atomic E-state index is 5.16. The van der Waals surface area contributed by atoms with Crippen molar-refractivity contribution in [3.63, 3.8) is 0 Å². The number of imidazole rings is 1. The van der Waals surface area contributed by atoms with Crippen LogP contribution in [0.3, 0.4) is 0 Å². The molecule has 0 amide bonds. The largest absolute Gasteiger partial charge is 0.309 e. The van der Waals surface area contributed by atoms with E-state index in [4.69, 9.17) is 4.98 Å². The van der Waals surface area contributed by atoms with Crippen LogP contribution in [0.15, 0.2) is 206 Å². The lowest BCUT2D eigenvalue weighted by molar-refractivity contribution is 1.09. The third-order valence-corrected chi connectivity index (χ3v) is 11.8. The zero-order valence-electron chi connectivity index (χ0n) is 31.4. The predicted octanol–water partition coefficient (Wildman–Crippen LogP) is 14.0. The highest BCUT2D eigenvalue weighted by atomic mass is 15.1. The second-order valence-corrected chi connectivity index (χ2v) is 15.0. The fourth-order valence-electron chi connectivity index (χ4n) is 9.10. The number of pyridine rings is 1. The first kappa shape index (κ1) is 32.4. The van der Waals surface area contributed by atoms with Crippen LogP contribution in [0.1, 0.15) is 0 Å². The second-order valence-electron chi connectivity index (χ2n) is 15.0. The van der Waals surface area contributed by atoms with Gasteiger partial charge in [0.05, 0.1) is 27.8 Å². The van der Waals surface area contributed by atoms with E-state index < -0.39 is 0 Å². The van der Waals surface area contributed by atoms with E-state index in [1.807, 2.05) is 30.5 Å². The molecule has 0 atom stereocenters. The van der Waals surface area contributed by atoms with Gasteiger partial charge in [-0.05, 0) is 122 Å². The maximum atomic E-state index is 5.16. The van der Waals surface area contributed by atoms with Crippen LogP contribution in [0, 0.1) is 0 Å². The minimum atomic E-state index is 0.894. The molecule has 0 aliphatic heterocycles. The monoisotopic (exact) mass is 738 g/mol. The molecule has 0 aliphatic carbocycles. The average molecular weight is 739 g/mol. The molecule has 270 valence electrons. The van der Waals surface area contributed by atoms with Gasteiger partial charge in [0.15, 0.2) is 0 Å². The van der Waals surface area contributed by atoms with Crippen LogP contribution in [0.25, 0.3) is 110 Å². The summed E-state index contributed by atoms with van der Waals surface area (Å²) >= 11 is 0. The number of fused-ring (bicyclic) bond motifs is 10. The Kier molecular flexibility index (Phi) is 7.20. The van der Waals surface area contributed by atoms with Gasteiger partial charge >= 0.3 is 0 Å². The van der Waals surface area contributed by atoms with Crippen molar-refractivity contribution in [2.45, 2.75) is 0 Å². The number of para-hydroxylation sites is 3. The Morgan fingerprint density at radius 1 is 0.310 bits per heavy atom. The standard InChI is InChI=1S/C54H34N4/c1-2-16-43-41(14-1)42-15-3-4-17-44(42)47-33-35(23-29-45(43)47)36-24-30-52-48(34-36)46-18-5-7-21-51(46)57(52)39-25-27-40(28-26-39)58-53-22-8-6-20-50(53)56-54(58)38-13-11-12-37(32-38)49-19-9-10-31-55-49/h1-34H. The smallest absolute Gasteiger partial charge is 0.145 e. The molecular weight excluding hydrogens is 705 g/mol. The van der Waals surface area contributed by atoms with E-state index in [2.05, 4.69) is 190 Å². The third kappa shape index (κ3) is 5.02. The Morgan fingerprint density at radius 2 is 0.862 bits per heavy atom. The number of nitrogens with zero attached hydrogens (tertiary/aromatic N) is 4. The average Bonchev–Trinajstić information content (AvgIpc) is 3.86. The SMILES string of the molecule is c1ccc(-c2cccc(-c3nc4ccccc4n3-c3ccc(-n4c5ccccc5c5cc(-c6ccc7c8ccccc8c8ccccc8c7c6)ccc54)cc3)c2)nc1. The molecule has 0 saturated carbocycles. The van der Waals surface area contributed by atoms with E-state index in [0.717, 1.165) is 45.1 Å². The summed E-state index contributed by atoms with van der Waals surface area (Å²) in [6.07, 6.45) is 1.84. The van der Waals surface area contributed by atoms with E-state index in [-0.39, 0.29) is 0 Å². The fraction of sp³-hybridized carbons (Fsp3) is 0. The van der Waals surface area contributed by atoms with Crippen LogP contribution < -0.4 is 0 Å². The quantitative estimate of drug-likeness (QED) is 0.165. The summed E-state index contributed by atoms with van der Waals surface area (Å²) < 4.78 is 4.66. The molecule has 3 aromatic heterocycles. The Labute approximate surface area is 334 Å². The van der Waals surface area contributed by atoms with Crippen molar-refractivity contribution in [3.05, 3.63) is 206 Å². The highest BCUT2D eigenvalue weighted by Gasteiger charge is 2.18. The number of hydrogen-bond donors (Lipinski definition) is 0. The molecule has 9 aromatic carbocycles. The zero-order chi connectivity index (χ0) is 38.2. The highest BCUT2D eigenvalue weighted by molar-refractivity contribution is 6.25. The van der Waals surface area contributed by atoms with Gasteiger partial charge in [0.25, 0.3) is 0 Å². The van der Waals surface area contributed by atoms with Gasteiger partial charge in [0, 0.05) is 39.5 Å². The van der Waals surface area contributed by atoms with E-state index >= 15 is 0 Å². The summed E-state index contributed by atoms with van der Waals surface area (Å²) in [6, 6.07) is 72.0. The molecule has 0 unspecified atom stereocenters. The summed E-state index contributed by atoms with van der Waals surface area (Å²) in [6.45, 7) is 0. The number of rotatable bonds is 5. The molecule has 0 radical (unpaired) electrons. The van der Waals surface area contributed by atoms with Gasteiger partial charge in [-0.1, -0.05) is 121 Å². The Morgan fingerprint density at radius 3 is 1.59 bits per heavy atom. The molecule has 0 spiro atoms. The lowest BCUT2D eigenvalue weighted by Crippen LogP contribution is -1.99. The Hall–Kier alpha value is -7.82. The maximum Gasteiger partial charge on any atom is 0.145 e. The minimum Gasteiger partial charge on any atom is -0.309 e. The van der Waals surface area contributed by atoms with Crippen molar-refractivity contribution in [3.8, 4) is 45.1 Å². The van der Waals surface area contributed by atoms with Crippen molar-refractivity contribution in [2.24, 2.45) is 0 Å². The summed E-state index contributed by atoms with van der Waals surface area (Å²) in [5.41, 5.74) is 12.0. The summed E-state index contributed by atoms with van der Waals surface area (Å²) in [5, 5.41) is 10.2. The molecule has 12 rings (SSSR count). The van der Waals surface area contributed by atoms with Gasteiger partial charge in [-0.25, -0.2) is 4.98 Å². The molecular formula is C54H34N4. The summed E-state index contributed by atoms with van der Waals surface area (Å²) in [7, 11) is 0. The van der Waals surface area contributed by atoms with Crippen LogP contribution in [0.2, 0.25) is 0 Å². The van der Waals surface area contributed by atoms with E-state index in [0.29, 0.717) is 0 Å². The molecule has 4 heteroatoms. The lowest BCUT2D eigenvalue weighted by Gasteiger charge is -2.13. The van der Waals surface area contributed by atoms with Crippen LogP contribution in [-0.2, 0) is 0 Å². The Bertz CT molecular complexity index is 3520. The van der Waals surface area contributed by atoms with Gasteiger partial charge in [0.1, 0.15) is 5.82 Å². The number of aromatic nitrogens is 4. The molecule has 0 aliphatic rings. The predicted molar refractivity (Wildman–Crippen MR) is 242 cm³/mol. The molecule has 0 N–H and O–H groups in total. The van der Waals surface area contributed by atoms with Crippen LogP contribution in [0.5, 0.6) is 0 Å². The van der Waals surface area contributed by atoms with Crippen molar-refractivity contribution in [2.75, 3.05) is 0 Å². The molecule has 4 nitrogen and oxygen atoms in total. The number of hydrogen-bond acceptors (Lipinski definition) is 2. The van der Waals surface area contributed by atoms with Gasteiger partial charge in [-0.15, -0.1) is 0 Å². The first-order valence-corrected chi connectivity index (χ1v) is 19.7. The fourth-order valence-corrected chi connectivity index (χ4v) is 9.10. The van der Waals surface area contributed by atoms with Crippen molar-refractivity contribution in [1.29, 1.82) is 0 Å². The first-order chi connectivity index (χ1) is 28.8. The lowest BCUT2D eigenvalue weighted by atomic mass is 9.92. The van der Waals surface area contributed by atoms with Crippen molar-refractivity contribution >= 4 is 65.2 Å². The zero-order valence-corrected chi connectivity index (χ0v) is 31.4. The minimum absolute atomic E-state index is 0.894. The summed E-state index contributed by atoms with van der Waals surface area (Å²) in [5.74, 6) is 0.894. The van der Waals surface area contributed by atoms with Crippen LogP contribution >= 0.6 is 0 Å². The molecule has 0 saturated heterocycles. The highest BCUT2D eigenvalue weighted by Crippen LogP contribution is 2.40. The van der Waals surface area contributed by atoms with Crippen LogP contribution in [-0.4, -0.2) is 19.1 Å². The molecule has 0 bridgehead atoms. The van der Waals surface area contributed by atoms with E-state index in [9.17, 15) is 0 Å². The van der Waals surface area contributed by atoms with Crippen LogP contribution in [0.4, 0.5) is 0 Å². The summed E-state index contributed by atoms with van der Waals surface area (Å²) in [4.78, 5) is 9.77. The molecule has 12 aromatic rings. The number of benzene rings is 9. The van der Waals surface area contributed by atoms with E-state index in [1.54, 1.807) is 0 Å². The topological polar surface area (TPSA) is 35.6 Å². The second kappa shape index (κ2) is 12.9. The van der Waals surface area contributed by atoms with Gasteiger partial charge in [-0.3, -0.25) is 9.55 Å². The van der Waals surface area contributed by atoms with Crippen molar-refractivity contribution in [1.82, 2.24) is 19.1 Å². The molecule has 0 fully saturated rings. The Balaban J connectivity index is 0.976. The van der Waals surface area contributed by atoms with Gasteiger partial charge < -0.3 is 4.57 Å². The van der Waals surface area contributed by atoms with Gasteiger partial charge in [0.2, 0.25) is 0 Å². The first-order valence-electron chi connectivity index (χ1n) is 19.7. The van der Waals surface area contributed by atoms with Crippen molar-refractivity contribution < 1.29 is 0 Å². The molecule has 58 heavy (non-hydrogen) atoms. The normalized spacial score (nSPS) is 11.8. The van der Waals surface area contributed by atoms with E-state index in [1.165, 1.54) is 65.3 Å². The molecule has 3 heterocycles. The third-order valence-electron chi connectivity index (χ3n) is 11.8. The van der Waals surface area contributed by atoms with Gasteiger partial charge in [-0.2, -0.15) is 0 Å².